The number of benzene rings is 1. The Bertz CT molecular complexity index is 821. The van der Waals surface area contributed by atoms with Gasteiger partial charge in [0.2, 0.25) is 5.91 Å². The van der Waals surface area contributed by atoms with Gasteiger partial charge in [0.1, 0.15) is 0 Å². The number of carbonyl (C=O) groups is 2. The van der Waals surface area contributed by atoms with E-state index in [1.165, 1.54) is 11.3 Å². The lowest BCUT2D eigenvalue weighted by Gasteiger charge is -2.28. The fourth-order valence-corrected chi connectivity index (χ4v) is 4.18. The minimum atomic E-state index is -0.325. The molecule has 1 saturated heterocycles. The van der Waals surface area contributed by atoms with Crippen molar-refractivity contribution in [2.75, 3.05) is 37.7 Å². The van der Waals surface area contributed by atoms with Gasteiger partial charge in [-0.05, 0) is 32.4 Å². The summed E-state index contributed by atoms with van der Waals surface area (Å²) < 4.78 is 5.46. The van der Waals surface area contributed by atoms with E-state index in [2.05, 4.69) is 15.5 Å². The van der Waals surface area contributed by atoms with Gasteiger partial charge in [-0.15, -0.1) is 11.3 Å². The lowest BCUT2D eigenvalue weighted by molar-refractivity contribution is -0.121. The van der Waals surface area contributed by atoms with Crippen LogP contribution in [-0.2, 0) is 9.53 Å². The standard InChI is InChI=1S/C21H27N3O3S/c1-21(2,3)23-18(25)14-22-19(26)17-13-16(15-7-5-4-6-8-15)20(28-17)24-9-11-27-12-10-24/h4-8,13H,9-12,14H2,1-3H3,(H,22,26)(H,23,25). The number of anilines is 1. The van der Waals surface area contributed by atoms with E-state index >= 15 is 0 Å². The molecule has 0 aliphatic carbocycles. The van der Waals surface area contributed by atoms with E-state index in [4.69, 9.17) is 4.74 Å². The molecule has 1 fully saturated rings. The first-order chi connectivity index (χ1) is 13.3. The van der Waals surface area contributed by atoms with Crippen molar-refractivity contribution in [2.24, 2.45) is 0 Å². The molecule has 0 atom stereocenters. The van der Waals surface area contributed by atoms with E-state index in [1.54, 1.807) is 0 Å². The number of thiophene rings is 1. The fourth-order valence-electron chi connectivity index (χ4n) is 3.03. The maximum Gasteiger partial charge on any atom is 0.261 e. The van der Waals surface area contributed by atoms with Crippen LogP contribution in [0.15, 0.2) is 36.4 Å². The lowest BCUT2D eigenvalue weighted by atomic mass is 10.1. The van der Waals surface area contributed by atoms with Crippen molar-refractivity contribution in [1.29, 1.82) is 0 Å². The van der Waals surface area contributed by atoms with Crippen LogP contribution in [0.5, 0.6) is 0 Å². The number of hydrogen-bond acceptors (Lipinski definition) is 5. The third-order valence-corrected chi connectivity index (χ3v) is 5.44. The van der Waals surface area contributed by atoms with Crippen LogP contribution in [0.2, 0.25) is 0 Å². The van der Waals surface area contributed by atoms with Crippen molar-refractivity contribution < 1.29 is 14.3 Å². The number of nitrogens with one attached hydrogen (secondary N) is 2. The van der Waals surface area contributed by atoms with Crippen molar-refractivity contribution in [3.05, 3.63) is 41.3 Å². The Morgan fingerprint density at radius 1 is 1.14 bits per heavy atom. The smallest absolute Gasteiger partial charge is 0.261 e. The van der Waals surface area contributed by atoms with Gasteiger partial charge in [0.05, 0.1) is 29.6 Å². The highest BCUT2D eigenvalue weighted by Gasteiger charge is 2.22. The molecule has 150 valence electrons. The topological polar surface area (TPSA) is 70.7 Å². The SMILES string of the molecule is CC(C)(C)NC(=O)CNC(=O)c1cc(-c2ccccc2)c(N2CCOCC2)s1. The summed E-state index contributed by atoms with van der Waals surface area (Å²) in [5.74, 6) is -0.431. The summed E-state index contributed by atoms with van der Waals surface area (Å²) in [5.41, 5.74) is 1.79. The van der Waals surface area contributed by atoms with Gasteiger partial charge in [-0.25, -0.2) is 0 Å². The maximum absolute atomic E-state index is 12.7. The molecule has 2 N–H and O–H groups in total. The fraction of sp³-hybridized carbons (Fsp3) is 0.429. The Morgan fingerprint density at radius 3 is 2.46 bits per heavy atom. The Labute approximate surface area is 169 Å². The second-order valence-electron chi connectivity index (χ2n) is 7.78. The van der Waals surface area contributed by atoms with Gasteiger partial charge < -0.3 is 20.3 Å². The highest BCUT2D eigenvalue weighted by Crippen LogP contribution is 2.39. The Kier molecular flexibility index (Phi) is 6.36. The molecule has 0 spiro atoms. The Morgan fingerprint density at radius 2 is 1.82 bits per heavy atom. The van der Waals surface area contributed by atoms with Crippen molar-refractivity contribution in [2.45, 2.75) is 26.3 Å². The number of ether oxygens (including phenoxy) is 1. The molecule has 1 aromatic heterocycles. The molecule has 1 aliphatic rings. The summed E-state index contributed by atoms with van der Waals surface area (Å²) in [4.78, 5) is 27.5. The number of hydrogen-bond donors (Lipinski definition) is 2. The van der Waals surface area contributed by atoms with Crippen LogP contribution in [0.4, 0.5) is 5.00 Å². The second-order valence-corrected chi connectivity index (χ2v) is 8.81. The van der Waals surface area contributed by atoms with Gasteiger partial charge in [-0.3, -0.25) is 9.59 Å². The minimum absolute atomic E-state index is 0.0401. The normalized spacial score (nSPS) is 14.6. The number of carbonyl (C=O) groups excluding carboxylic acids is 2. The summed E-state index contributed by atoms with van der Waals surface area (Å²) in [7, 11) is 0. The molecule has 2 amide bonds. The third-order valence-electron chi connectivity index (χ3n) is 4.24. The number of amides is 2. The van der Waals surface area contributed by atoms with E-state index in [-0.39, 0.29) is 23.9 Å². The number of nitrogens with zero attached hydrogens (tertiary/aromatic N) is 1. The van der Waals surface area contributed by atoms with Crippen LogP contribution in [0, 0.1) is 0 Å². The van der Waals surface area contributed by atoms with Crippen LogP contribution >= 0.6 is 11.3 Å². The zero-order chi connectivity index (χ0) is 20.1. The molecule has 2 aromatic rings. The molecular formula is C21H27N3O3S. The van der Waals surface area contributed by atoms with Crippen molar-refractivity contribution in [3.8, 4) is 11.1 Å². The Hall–Kier alpha value is -2.38. The van der Waals surface area contributed by atoms with E-state index in [0.29, 0.717) is 18.1 Å². The monoisotopic (exact) mass is 401 g/mol. The quantitative estimate of drug-likeness (QED) is 0.808. The molecule has 0 radical (unpaired) electrons. The number of rotatable bonds is 5. The number of morpholine rings is 1. The molecule has 6 nitrogen and oxygen atoms in total. The first kappa shape index (κ1) is 20.4. The highest BCUT2D eigenvalue weighted by atomic mass is 32.1. The van der Waals surface area contributed by atoms with E-state index in [1.807, 2.05) is 57.2 Å². The molecule has 0 unspecified atom stereocenters. The highest BCUT2D eigenvalue weighted by molar-refractivity contribution is 7.18. The third kappa shape index (κ3) is 5.33. The molecule has 1 aromatic carbocycles. The first-order valence-electron chi connectivity index (χ1n) is 9.45. The predicted octanol–water partition coefficient (Wildman–Crippen LogP) is 2.90. The van der Waals surface area contributed by atoms with Crippen LogP contribution in [-0.4, -0.2) is 50.2 Å². The second kappa shape index (κ2) is 8.75. The van der Waals surface area contributed by atoms with Gasteiger partial charge in [0, 0.05) is 24.2 Å². The van der Waals surface area contributed by atoms with Crippen LogP contribution in [0.1, 0.15) is 30.4 Å². The van der Waals surface area contributed by atoms with Crippen LogP contribution in [0.3, 0.4) is 0 Å². The molecule has 2 heterocycles. The van der Waals surface area contributed by atoms with Gasteiger partial charge >= 0.3 is 0 Å². The molecular weight excluding hydrogens is 374 g/mol. The minimum Gasteiger partial charge on any atom is -0.378 e. The molecule has 1 aliphatic heterocycles. The Balaban J connectivity index is 1.78. The maximum atomic E-state index is 12.7. The zero-order valence-corrected chi connectivity index (χ0v) is 17.4. The van der Waals surface area contributed by atoms with Crippen molar-refractivity contribution >= 4 is 28.2 Å². The summed E-state index contributed by atoms with van der Waals surface area (Å²) in [6.07, 6.45) is 0. The molecule has 3 rings (SSSR count). The lowest BCUT2D eigenvalue weighted by Crippen LogP contribution is -2.45. The first-order valence-corrected chi connectivity index (χ1v) is 10.3. The van der Waals surface area contributed by atoms with Crippen LogP contribution < -0.4 is 15.5 Å². The van der Waals surface area contributed by atoms with E-state index in [9.17, 15) is 9.59 Å². The van der Waals surface area contributed by atoms with Crippen molar-refractivity contribution in [3.63, 3.8) is 0 Å². The summed E-state index contributed by atoms with van der Waals surface area (Å²) in [6, 6.07) is 12.0. The summed E-state index contributed by atoms with van der Waals surface area (Å²) in [6.45, 7) is 8.65. The van der Waals surface area contributed by atoms with Crippen LogP contribution in [0.25, 0.3) is 11.1 Å². The van der Waals surface area contributed by atoms with E-state index < -0.39 is 0 Å². The zero-order valence-electron chi connectivity index (χ0n) is 16.6. The molecule has 28 heavy (non-hydrogen) atoms. The average Bonchev–Trinajstić information content (AvgIpc) is 3.12. The molecule has 0 bridgehead atoms. The molecule has 7 heteroatoms. The summed E-state index contributed by atoms with van der Waals surface area (Å²) >= 11 is 1.46. The van der Waals surface area contributed by atoms with Crippen molar-refractivity contribution in [1.82, 2.24) is 10.6 Å². The predicted molar refractivity (Wildman–Crippen MR) is 113 cm³/mol. The molecule has 0 saturated carbocycles. The van der Waals surface area contributed by atoms with Gasteiger partial charge in [-0.1, -0.05) is 30.3 Å². The average molecular weight is 402 g/mol. The van der Waals surface area contributed by atoms with Gasteiger partial charge in [0.15, 0.2) is 0 Å². The largest absolute Gasteiger partial charge is 0.378 e. The summed E-state index contributed by atoms with van der Waals surface area (Å²) in [5, 5.41) is 6.65. The van der Waals surface area contributed by atoms with Gasteiger partial charge in [0.25, 0.3) is 5.91 Å². The van der Waals surface area contributed by atoms with E-state index in [0.717, 1.165) is 29.2 Å². The van der Waals surface area contributed by atoms with Gasteiger partial charge in [-0.2, -0.15) is 0 Å².